The molecule has 1 N–H and O–H groups in total. The molecule has 0 aromatic carbocycles. The SMILES string of the molecule is CCCNc1nc(C2CC2)nc(C)c1F. The third-order valence-electron chi connectivity index (χ3n) is 2.52. The number of anilines is 1. The summed E-state index contributed by atoms with van der Waals surface area (Å²) in [7, 11) is 0. The van der Waals surface area contributed by atoms with Crippen LogP contribution >= 0.6 is 0 Å². The predicted octanol–water partition coefficient (Wildman–Crippen LogP) is 2.62. The van der Waals surface area contributed by atoms with Crippen LogP contribution in [0.5, 0.6) is 0 Å². The number of halogens is 1. The first kappa shape index (κ1) is 10.3. The van der Waals surface area contributed by atoms with Crippen LogP contribution in [0.3, 0.4) is 0 Å². The molecule has 1 aromatic heterocycles. The van der Waals surface area contributed by atoms with Gasteiger partial charge in [-0.05, 0) is 26.2 Å². The maximum atomic E-state index is 13.6. The highest BCUT2D eigenvalue weighted by Crippen LogP contribution is 2.38. The van der Waals surface area contributed by atoms with Gasteiger partial charge in [0.15, 0.2) is 11.6 Å². The van der Waals surface area contributed by atoms with E-state index in [4.69, 9.17) is 0 Å². The lowest BCUT2D eigenvalue weighted by atomic mass is 10.3. The highest BCUT2D eigenvalue weighted by molar-refractivity contribution is 5.38. The molecular weight excluding hydrogens is 193 g/mol. The molecule has 1 saturated carbocycles. The first-order chi connectivity index (χ1) is 7.22. The minimum atomic E-state index is -0.312. The molecule has 3 nitrogen and oxygen atoms in total. The molecule has 82 valence electrons. The van der Waals surface area contributed by atoms with Gasteiger partial charge in [0.05, 0.1) is 5.69 Å². The molecule has 1 fully saturated rings. The molecule has 0 amide bonds. The Kier molecular flexibility index (Phi) is 2.84. The number of nitrogens with zero attached hydrogens (tertiary/aromatic N) is 2. The Balaban J connectivity index is 2.25. The summed E-state index contributed by atoms with van der Waals surface area (Å²) in [4.78, 5) is 8.41. The summed E-state index contributed by atoms with van der Waals surface area (Å²) in [6.45, 7) is 4.48. The van der Waals surface area contributed by atoms with Gasteiger partial charge in [0.1, 0.15) is 5.82 Å². The lowest BCUT2D eigenvalue weighted by Crippen LogP contribution is -2.09. The maximum Gasteiger partial charge on any atom is 0.186 e. The molecule has 1 aromatic rings. The van der Waals surface area contributed by atoms with Crippen molar-refractivity contribution in [1.82, 2.24) is 9.97 Å². The topological polar surface area (TPSA) is 37.8 Å². The van der Waals surface area contributed by atoms with Gasteiger partial charge < -0.3 is 5.32 Å². The Bertz CT molecular complexity index is 361. The zero-order valence-electron chi connectivity index (χ0n) is 9.18. The molecule has 0 aliphatic heterocycles. The van der Waals surface area contributed by atoms with Gasteiger partial charge in [-0.1, -0.05) is 6.92 Å². The molecule has 0 saturated heterocycles. The fourth-order valence-corrected chi connectivity index (χ4v) is 1.47. The van der Waals surface area contributed by atoms with Crippen LogP contribution in [-0.4, -0.2) is 16.5 Å². The van der Waals surface area contributed by atoms with Crippen LogP contribution in [-0.2, 0) is 0 Å². The van der Waals surface area contributed by atoms with Gasteiger partial charge in [-0.2, -0.15) is 0 Å². The molecule has 0 unspecified atom stereocenters. The van der Waals surface area contributed by atoms with Gasteiger partial charge in [0.2, 0.25) is 0 Å². The minimum Gasteiger partial charge on any atom is -0.368 e. The van der Waals surface area contributed by atoms with Crippen molar-refractivity contribution in [3.63, 3.8) is 0 Å². The second-order valence-electron chi connectivity index (χ2n) is 4.03. The highest BCUT2D eigenvalue weighted by atomic mass is 19.1. The Morgan fingerprint density at radius 3 is 2.73 bits per heavy atom. The van der Waals surface area contributed by atoms with Crippen LogP contribution in [0.25, 0.3) is 0 Å². The molecule has 1 aliphatic rings. The van der Waals surface area contributed by atoms with Crippen molar-refractivity contribution < 1.29 is 4.39 Å². The first-order valence-corrected chi connectivity index (χ1v) is 5.50. The molecule has 15 heavy (non-hydrogen) atoms. The average Bonchev–Trinajstić information content (AvgIpc) is 3.03. The van der Waals surface area contributed by atoms with E-state index in [1.165, 1.54) is 0 Å². The molecule has 1 aliphatic carbocycles. The molecule has 4 heteroatoms. The van der Waals surface area contributed by atoms with Crippen molar-refractivity contribution >= 4 is 5.82 Å². The zero-order valence-corrected chi connectivity index (χ0v) is 9.18. The van der Waals surface area contributed by atoms with Gasteiger partial charge in [0, 0.05) is 12.5 Å². The predicted molar refractivity (Wildman–Crippen MR) is 57.5 cm³/mol. The van der Waals surface area contributed by atoms with E-state index in [9.17, 15) is 4.39 Å². The number of aromatic nitrogens is 2. The van der Waals surface area contributed by atoms with Gasteiger partial charge >= 0.3 is 0 Å². The van der Waals surface area contributed by atoms with Crippen LogP contribution in [0.4, 0.5) is 10.2 Å². The summed E-state index contributed by atoms with van der Waals surface area (Å²) in [5.74, 6) is 1.32. The normalized spacial score (nSPS) is 15.4. The van der Waals surface area contributed by atoms with Crippen molar-refractivity contribution in [2.45, 2.75) is 39.0 Å². The largest absolute Gasteiger partial charge is 0.368 e. The van der Waals surface area contributed by atoms with Gasteiger partial charge in [0.25, 0.3) is 0 Å². The van der Waals surface area contributed by atoms with E-state index in [0.717, 1.165) is 31.6 Å². The lowest BCUT2D eigenvalue weighted by molar-refractivity contribution is 0.599. The third-order valence-corrected chi connectivity index (χ3v) is 2.52. The van der Waals surface area contributed by atoms with E-state index in [-0.39, 0.29) is 5.82 Å². The summed E-state index contributed by atoms with van der Waals surface area (Å²) in [6, 6.07) is 0. The number of hydrogen-bond donors (Lipinski definition) is 1. The fourth-order valence-electron chi connectivity index (χ4n) is 1.47. The number of rotatable bonds is 4. The standard InChI is InChI=1S/C11H16FN3/c1-3-6-13-11-9(12)7(2)14-10(15-11)8-4-5-8/h8H,3-6H2,1-2H3,(H,13,14,15). The molecule has 2 rings (SSSR count). The van der Waals surface area contributed by atoms with E-state index in [2.05, 4.69) is 15.3 Å². The average molecular weight is 209 g/mol. The minimum absolute atomic E-state index is 0.312. The number of aryl methyl sites for hydroxylation is 1. The Labute approximate surface area is 89.1 Å². The van der Waals surface area contributed by atoms with Crippen molar-refractivity contribution in [3.05, 3.63) is 17.3 Å². The van der Waals surface area contributed by atoms with Crippen LogP contribution in [0, 0.1) is 12.7 Å². The molecule has 0 atom stereocenters. The van der Waals surface area contributed by atoms with Crippen molar-refractivity contribution in [2.75, 3.05) is 11.9 Å². The smallest absolute Gasteiger partial charge is 0.186 e. The molecular formula is C11H16FN3. The van der Waals surface area contributed by atoms with Gasteiger partial charge in [-0.25, -0.2) is 14.4 Å². The van der Waals surface area contributed by atoms with Gasteiger partial charge in [-0.15, -0.1) is 0 Å². The summed E-state index contributed by atoms with van der Waals surface area (Å²) < 4.78 is 13.6. The van der Waals surface area contributed by atoms with Crippen molar-refractivity contribution in [3.8, 4) is 0 Å². The van der Waals surface area contributed by atoms with E-state index in [1.54, 1.807) is 6.92 Å². The second kappa shape index (κ2) is 4.13. The van der Waals surface area contributed by atoms with Crippen molar-refractivity contribution in [2.24, 2.45) is 0 Å². The van der Waals surface area contributed by atoms with E-state index in [1.807, 2.05) is 6.92 Å². The molecule has 0 bridgehead atoms. The summed E-state index contributed by atoms with van der Waals surface area (Å²) in [5.41, 5.74) is 0.450. The molecule has 1 heterocycles. The van der Waals surface area contributed by atoms with Crippen LogP contribution in [0.15, 0.2) is 0 Å². The Morgan fingerprint density at radius 2 is 2.13 bits per heavy atom. The maximum absolute atomic E-state index is 13.6. The van der Waals surface area contributed by atoms with E-state index < -0.39 is 0 Å². The second-order valence-corrected chi connectivity index (χ2v) is 4.03. The van der Waals surface area contributed by atoms with Crippen LogP contribution in [0.2, 0.25) is 0 Å². The first-order valence-electron chi connectivity index (χ1n) is 5.50. The van der Waals surface area contributed by atoms with E-state index >= 15 is 0 Å². The Hall–Kier alpha value is -1.19. The molecule has 0 spiro atoms. The number of hydrogen-bond acceptors (Lipinski definition) is 3. The summed E-state index contributed by atoms with van der Waals surface area (Å²) in [5, 5.41) is 3.00. The quantitative estimate of drug-likeness (QED) is 0.828. The third kappa shape index (κ3) is 2.25. The monoisotopic (exact) mass is 209 g/mol. The van der Waals surface area contributed by atoms with Crippen LogP contribution in [0.1, 0.15) is 43.6 Å². The highest BCUT2D eigenvalue weighted by Gasteiger charge is 2.28. The Morgan fingerprint density at radius 1 is 1.40 bits per heavy atom. The van der Waals surface area contributed by atoms with Gasteiger partial charge in [-0.3, -0.25) is 0 Å². The van der Waals surface area contributed by atoms with E-state index in [0.29, 0.717) is 17.4 Å². The number of nitrogens with one attached hydrogen (secondary N) is 1. The fraction of sp³-hybridized carbons (Fsp3) is 0.636. The van der Waals surface area contributed by atoms with Crippen molar-refractivity contribution in [1.29, 1.82) is 0 Å². The molecule has 0 radical (unpaired) electrons. The van der Waals surface area contributed by atoms with Crippen LogP contribution < -0.4 is 5.32 Å². The summed E-state index contributed by atoms with van der Waals surface area (Å²) >= 11 is 0. The lowest BCUT2D eigenvalue weighted by Gasteiger charge is -2.08. The zero-order chi connectivity index (χ0) is 10.8. The summed E-state index contributed by atoms with van der Waals surface area (Å²) in [6.07, 6.45) is 3.23.